The minimum Gasteiger partial charge on any atom is -0.380 e. The molecule has 0 aliphatic heterocycles. The van der Waals surface area contributed by atoms with E-state index in [1.54, 1.807) is 29.2 Å². The topological polar surface area (TPSA) is 96.7 Å². The zero-order valence-electron chi connectivity index (χ0n) is 14.1. The molecule has 0 aromatic heterocycles. The highest BCUT2D eigenvalue weighted by atomic mass is 35.5. The summed E-state index contributed by atoms with van der Waals surface area (Å²) in [6, 6.07) is 6.93. The van der Waals surface area contributed by atoms with Crippen LogP contribution in [0.5, 0.6) is 0 Å². The van der Waals surface area contributed by atoms with Crippen LogP contribution >= 0.6 is 24.8 Å². The molecule has 0 aliphatic rings. The number of methoxy groups -OCH3 is 1. The molecule has 0 fully saturated rings. The highest BCUT2D eigenvalue weighted by Crippen LogP contribution is 2.14. The molecule has 0 saturated heterocycles. The number of anilines is 2. The number of halogens is 2. The molecule has 24 heavy (non-hydrogen) atoms. The number of hydrogen-bond acceptors (Lipinski definition) is 5. The van der Waals surface area contributed by atoms with Crippen molar-refractivity contribution in [3.63, 3.8) is 0 Å². The van der Waals surface area contributed by atoms with Crippen LogP contribution in [-0.2, 0) is 14.3 Å². The molecular formula is C15H26Cl2N4O3. The second-order valence-corrected chi connectivity index (χ2v) is 5.21. The van der Waals surface area contributed by atoms with E-state index in [2.05, 4.69) is 10.6 Å². The number of amides is 2. The van der Waals surface area contributed by atoms with E-state index < -0.39 is 0 Å². The molecule has 7 nitrogen and oxygen atoms in total. The maximum absolute atomic E-state index is 11.8. The molecule has 0 radical (unpaired) electrons. The molecule has 1 rings (SSSR count). The van der Waals surface area contributed by atoms with Crippen LogP contribution in [-0.4, -0.2) is 57.1 Å². The summed E-state index contributed by atoms with van der Waals surface area (Å²) in [5.41, 5.74) is 6.81. The molecule has 1 unspecified atom stereocenters. The fourth-order valence-electron chi connectivity index (χ4n) is 1.81. The van der Waals surface area contributed by atoms with E-state index in [-0.39, 0.29) is 49.2 Å². The van der Waals surface area contributed by atoms with Crippen molar-refractivity contribution in [2.45, 2.75) is 12.5 Å². The number of nitrogens with zero attached hydrogens (tertiary/aromatic N) is 1. The number of nitrogens with two attached hydrogens (primary N) is 1. The van der Waals surface area contributed by atoms with Crippen LogP contribution in [0.2, 0.25) is 0 Å². The predicted octanol–water partition coefficient (Wildman–Crippen LogP) is 1.33. The minimum absolute atomic E-state index is 0. The van der Waals surface area contributed by atoms with Gasteiger partial charge in [0.2, 0.25) is 11.8 Å². The molecule has 4 N–H and O–H groups in total. The van der Waals surface area contributed by atoms with Crippen LogP contribution in [0.3, 0.4) is 0 Å². The summed E-state index contributed by atoms with van der Waals surface area (Å²) in [4.78, 5) is 25.2. The maximum Gasteiger partial charge on any atom is 0.238 e. The van der Waals surface area contributed by atoms with Gasteiger partial charge in [0.1, 0.15) is 0 Å². The number of carbonyl (C=O) groups excluding carboxylic acids is 2. The molecular weight excluding hydrogens is 355 g/mol. The molecule has 1 aromatic rings. The maximum atomic E-state index is 11.8. The van der Waals surface area contributed by atoms with Gasteiger partial charge in [-0.3, -0.25) is 9.59 Å². The van der Waals surface area contributed by atoms with Crippen molar-refractivity contribution in [3.05, 3.63) is 24.3 Å². The van der Waals surface area contributed by atoms with Crippen LogP contribution in [0.25, 0.3) is 0 Å². The Balaban J connectivity index is 0. The Morgan fingerprint density at radius 2 is 1.54 bits per heavy atom. The lowest BCUT2D eigenvalue weighted by atomic mass is 10.2. The Morgan fingerprint density at radius 3 is 1.92 bits per heavy atom. The number of ether oxygens (including phenoxy) is 1. The van der Waals surface area contributed by atoms with Crippen LogP contribution in [0.1, 0.15) is 6.42 Å². The van der Waals surface area contributed by atoms with Crippen molar-refractivity contribution in [2.75, 3.05) is 44.9 Å². The zero-order valence-corrected chi connectivity index (χ0v) is 15.7. The van der Waals surface area contributed by atoms with Crippen LogP contribution in [0.4, 0.5) is 11.4 Å². The van der Waals surface area contributed by atoms with E-state index in [0.717, 1.165) is 0 Å². The number of likely N-dealkylation sites (N-methyl/N-ethyl adjacent to an activating group) is 1. The Bertz CT molecular complexity index is 494. The summed E-state index contributed by atoms with van der Waals surface area (Å²) in [6.07, 6.45) is -0.0847. The quantitative estimate of drug-likeness (QED) is 0.631. The first-order chi connectivity index (χ1) is 10.4. The lowest BCUT2D eigenvalue weighted by Crippen LogP contribution is -2.28. The third kappa shape index (κ3) is 9.69. The Hall–Kier alpha value is -1.38. The van der Waals surface area contributed by atoms with Gasteiger partial charge in [-0.2, -0.15) is 0 Å². The van der Waals surface area contributed by atoms with Crippen molar-refractivity contribution in [1.29, 1.82) is 0 Å². The van der Waals surface area contributed by atoms with Gasteiger partial charge in [0.05, 0.1) is 19.1 Å². The smallest absolute Gasteiger partial charge is 0.238 e. The first-order valence-electron chi connectivity index (χ1n) is 7.02. The van der Waals surface area contributed by atoms with Crippen molar-refractivity contribution < 1.29 is 14.3 Å². The molecule has 138 valence electrons. The monoisotopic (exact) mass is 380 g/mol. The molecule has 0 spiro atoms. The first kappa shape index (κ1) is 24.9. The SMILES string of the molecule is COC(CN)CC(=O)Nc1ccc(NC(=O)CN(C)C)cc1.Cl.Cl. The van der Waals surface area contributed by atoms with E-state index >= 15 is 0 Å². The highest BCUT2D eigenvalue weighted by molar-refractivity contribution is 5.93. The summed E-state index contributed by atoms with van der Waals surface area (Å²) < 4.78 is 5.07. The van der Waals surface area contributed by atoms with Crippen LogP contribution in [0, 0.1) is 0 Å². The van der Waals surface area contributed by atoms with Gasteiger partial charge in [-0.25, -0.2) is 0 Å². The predicted molar refractivity (Wildman–Crippen MR) is 101 cm³/mol. The summed E-state index contributed by atoms with van der Waals surface area (Å²) in [5, 5.41) is 5.53. The number of rotatable bonds is 8. The average molecular weight is 381 g/mol. The summed E-state index contributed by atoms with van der Waals surface area (Å²) in [6.45, 7) is 0.608. The molecule has 0 aliphatic carbocycles. The lowest BCUT2D eigenvalue weighted by molar-refractivity contribution is -0.118. The fraction of sp³-hybridized carbons (Fsp3) is 0.467. The van der Waals surface area contributed by atoms with Crippen molar-refractivity contribution in [1.82, 2.24) is 4.90 Å². The van der Waals surface area contributed by atoms with E-state index in [1.807, 2.05) is 14.1 Å². The molecule has 1 atom stereocenters. The van der Waals surface area contributed by atoms with Gasteiger partial charge in [-0.1, -0.05) is 0 Å². The highest BCUT2D eigenvalue weighted by Gasteiger charge is 2.11. The van der Waals surface area contributed by atoms with E-state index in [9.17, 15) is 9.59 Å². The number of benzene rings is 1. The average Bonchev–Trinajstić information content (AvgIpc) is 2.46. The second-order valence-electron chi connectivity index (χ2n) is 5.21. The number of carbonyl (C=O) groups is 2. The van der Waals surface area contributed by atoms with Crippen LogP contribution in [0.15, 0.2) is 24.3 Å². The van der Waals surface area contributed by atoms with Crippen LogP contribution < -0.4 is 16.4 Å². The molecule has 2 amide bonds. The standard InChI is InChI=1S/C15H24N4O3.2ClH/c1-19(2)10-15(21)18-12-6-4-11(5-7-12)17-14(20)8-13(9-16)22-3;;/h4-7,13H,8-10,16H2,1-3H3,(H,17,20)(H,18,21);2*1H. The molecule has 1 aromatic carbocycles. The van der Waals surface area contributed by atoms with E-state index in [0.29, 0.717) is 24.5 Å². The molecule has 0 heterocycles. The van der Waals surface area contributed by atoms with Gasteiger partial charge in [0.25, 0.3) is 0 Å². The zero-order chi connectivity index (χ0) is 16.5. The first-order valence-corrected chi connectivity index (χ1v) is 7.02. The van der Waals surface area contributed by atoms with Gasteiger partial charge in [-0.15, -0.1) is 24.8 Å². The van der Waals surface area contributed by atoms with Gasteiger partial charge in [-0.05, 0) is 38.4 Å². The third-order valence-electron chi connectivity index (χ3n) is 2.92. The van der Waals surface area contributed by atoms with E-state index in [1.165, 1.54) is 7.11 Å². The van der Waals surface area contributed by atoms with E-state index in [4.69, 9.17) is 10.5 Å². The Morgan fingerprint density at radius 1 is 1.08 bits per heavy atom. The Labute approximate surface area is 155 Å². The number of nitrogens with one attached hydrogen (secondary N) is 2. The minimum atomic E-state index is -0.287. The van der Waals surface area contributed by atoms with Gasteiger partial charge >= 0.3 is 0 Å². The molecule has 0 saturated carbocycles. The summed E-state index contributed by atoms with van der Waals surface area (Å²) in [5.74, 6) is -0.255. The number of hydrogen-bond donors (Lipinski definition) is 3. The fourth-order valence-corrected chi connectivity index (χ4v) is 1.81. The second kappa shape index (κ2) is 13.0. The summed E-state index contributed by atoms with van der Waals surface area (Å²) >= 11 is 0. The van der Waals surface area contributed by atoms with Gasteiger partial charge in [0.15, 0.2) is 0 Å². The molecule has 0 bridgehead atoms. The van der Waals surface area contributed by atoms with Crippen molar-refractivity contribution >= 4 is 48.0 Å². The lowest BCUT2D eigenvalue weighted by Gasteiger charge is -2.13. The van der Waals surface area contributed by atoms with Crippen molar-refractivity contribution in [2.24, 2.45) is 5.73 Å². The largest absolute Gasteiger partial charge is 0.380 e. The van der Waals surface area contributed by atoms with Gasteiger partial charge in [0, 0.05) is 25.0 Å². The molecule has 9 heteroatoms. The Kier molecular flexibility index (Phi) is 13.4. The van der Waals surface area contributed by atoms with Crippen molar-refractivity contribution in [3.8, 4) is 0 Å². The third-order valence-corrected chi connectivity index (χ3v) is 2.92. The normalized spacial score (nSPS) is 11.0. The van der Waals surface area contributed by atoms with Gasteiger partial charge < -0.3 is 26.0 Å². The summed E-state index contributed by atoms with van der Waals surface area (Å²) in [7, 11) is 5.18.